The number of unbranched alkanes of at least 4 members (excludes halogenated alkanes) is 1. The summed E-state index contributed by atoms with van der Waals surface area (Å²) in [4.78, 5) is 36.3. The second kappa shape index (κ2) is 6.58. The van der Waals surface area contributed by atoms with E-state index >= 15 is 0 Å². The Hall–Kier alpha value is -2.08. The first kappa shape index (κ1) is 15.3. The van der Waals surface area contributed by atoms with Crippen molar-refractivity contribution < 1.29 is 19.5 Å². The Morgan fingerprint density at radius 1 is 1.29 bits per heavy atom. The van der Waals surface area contributed by atoms with Crippen LogP contribution in [-0.4, -0.2) is 33.7 Å². The molecule has 1 aromatic rings. The Bertz CT molecular complexity index is 607. The molecule has 5 nitrogen and oxygen atoms in total. The molecule has 1 aromatic carbocycles. The summed E-state index contributed by atoms with van der Waals surface area (Å²) in [5.41, 5.74) is 0.879. The fourth-order valence-corrected chi connectivity index (χ4v) is 2.75. The third kappa shape index (κ3) is 3.52. The maximum atomic E-state index is 12.1. The van der Waals surface area contributed by atoms with Crippen molar-refractivity contribution in [3.8, 4) is 0 Å². The molecule has 21 heavy (non-hydrogen) atoms. The van der Waals surface area contributed by atoms with Crippen molar-refractivity contribution in [2.45, 2.75) is 19.8 Å². The van der Waals surface area contributed by atoms with Crippen LogP contribution in [0, 0.1) is 0 Å². The van der Waals surface area contributed by atoms with Crippen LogP contribution in [0.1, 0.15) is 35.7 Å². The topological polar surface area (TPSA) is 74.7 Å². The molecule has 2 rings (SSSR count). The van der Waals surface area contributed by atoms with Crippen LogP contribution in [0.25, 0.3) is 6.08 Å². The van der Waals surface area contributed by atoms with E-state index < -0.39 is 5.97 Å². The summed E-state index contributed by atoms with van der Waals surface area (Å²) < 4.78 is 0. The number of carboxylic acids is 1. The SMILES string of the molecule is CCCCN1C(=O)SC(=Cc2ccc(C(=O)O)cc2)C1=O. The molecular weight excluding hydrogens is 290 g/mol. The molecule has 0 aromatic heterocycles. The fourth-order valence-electron chi connectivity index (χ4n) is 1.88. The highest BCUT2D eigenvalue weighted by Crippen LogP contribution is 2.32. The van der Waals surface area contributed by atoms with Gasteiger partial charge in [-0.3, -0.25) is 14.5 Å². The lowest BCUT2D eigenvalue weighted by atomic mass is 10.1. The molecule has 1 aliphatic heterocycles. The second-order valence-corrected chi connectivity index (χ2v) is 5.61. The van der Waals surface area contributed by atoms with E-state index in [1.54, 1.807) is 18.2 Å². The Morgan fingerprint density at radius 2 is 1.95 bits per heavy atom. The number of carbonyl (C=O) groups excluding carboxylic acids is 2. The molecule has 0 aliphatic carbocycles. The van der Waals surface area contributed by atoms with E-state index in [1.807, 2.05) is 6.92 Å². The van der Waals surface area contributed by atoms with Crippen molar-refractivity contribution in [3.05, 3.63) is 40.3 Å². The van der Waals surface area contributed by atoms with Gasteiger partial charge in [0.15, 0.2) is 0 Å². The molecule has 0 atom stereocenters. The molecule has 1 heterocycles. The second-order valence-electron chi connectivity index (χ2n) is 4.61. The summed E-state index contributed by atoms with van der Waals surface area (Å²) in [6.07, 6.45) is 3.32. The van der Waals surface area contributed by atoms with Crippen molar-refractivity contribution in [2.75, 3.05) is 6.54 Å². The number of carbonyl (C=O) groups is 3. The van der Waals surface area contributed by atoms with E-state index in [0.29, 0.717) is 17.0 Å². The Kier molecular flexibility index (Phi) is 4.80. The first-order chi connectivity index (χ1) is 10.0. The van der Waals surface area contributed by atoms with Gasteiger partial charge >= 0.3 is 5.97 Å². The molecule has 0 unspecified atom stereocenters. The summed E-state index contributed by atoms with van der Waals surface area (Å²) in [5, 5.41) is 8.58. The van der Waals surface area contributed by atoms with E-state index in [9.17, 15) is 14.4 Å². The Labute approximate surface area is 126 Å². The molecule has 1 aliphatic rings. The van der Waals surface area contributed by atoms with Crippen LogP contribution >= 0.6 is 11.8 Å². The zero-order chi connectivity index (χ0) is 15.4. The highest BCUT2D eigenvalue weighted by Gasteiger charge is 2.34. The number of amides is 2. The van der Waals surface area contributed by atoms with Crippen LogP contribution in [-0.2, 0) is 4.79 Å². The highest BCUT2D eigenvalue weighted by atomic mass is 32.2. The zero-order valence-electron chi connectivity index (χ0n) is 11.5. The van der Waals surface area contributed by atoms with Crippen LogP contribution in [0.3, 0.4) is 0 Å². The monoisotopic (exact) mass is 305 g/mol. The number of thioether (sulfide) groups is 1. The summed E-state index contributed by atoms with van der Waals surface area (Å²) in [6, 6.07) is 6.16. The predicted molar refractivity (Wildman–Crippen MR) is 81.0 cm³/mol. The van der Waals surface area contributed by atoms with E-state index in [4.69, 9.17) is 5.11 Å². The van der Waals surface area contributed by atoms with Gasteiger partial charge in [-0.15, -0.1) is 0 Å². The third-order valence-corrected chi connectivity index (χ3v) is 3.97. The van der Waals surface area contributed by atoms with Gasteiger partial charge in [-0.1, -0.05) is 25.5 Å². The quantitative estimate of drug-likeness (QED) is 0.845. The predicted octanol–water partition coefficient (Wildman–Crippen LogP) is 3.22. The lowest BCUT2D eigenvalue weighted by molar-refractivity contribution is -0.122. The molecule has 0 radical (unpaired) electrons. The van der Waals surface area contributed by atoms with E-state index in [2.05, 4.69) is 0 Å². The molecule has 1 N–H and O–H groups in total. The van der Waals surface area contributed by atoms with E-state index in [-0.39, 0.29) is 16.7 Å². The van der Waals surface area contributed by atoms with Gasteiger partial charge in [0.2, 0.25) is 0 Å². The molecule has 1 saturated heterocycles. The summed E-state index contributed by atoms with van der Waals surface area (Å²) in [7, 11) is 0. The van der Waals surface area contributed by atoms with Crippen molar-refractivity contribution in [1.29, 1.82) is 0 Å². The normalized spacial score (nSPS) is 16.8. The van der Waals surface area contributed by atoms with Crippen LogP contribution < -0.4 is 0 Å². The summed E-state index contributed by atoms with van der Waals surface area (Å²) in [5.74, 6) is -1.28. The lowest BCUT2D eigenvalue weighted by Gasteiger charge is -2.10. The van der Waals surface area contributed by atoms with Gasteiger partial charge in [-0.05, 0) is 42.0 Å². The Morgan fingerprint density at radius 3 is 2.52 bits per heavy atom. The molecule has 110 valence electrons. The van der Waals surface area contributed by atoms with Crippen molar-refractivity contribution in [3.63, 3.8) is 0 Å². The maximum Gasteiger partial charge on any atom is 0.335 e. The minimum atomic E-state index is -0.999. The van der Waals surface area contributed by atoms with Crippen molar-refractivity contribution >= 4 is 35.0 Å². The number of imide groups is 1. The smallest absolute Gasteiger partial charge is 0.335 e. The van der Waals surface area contributed by atoms with E-state index in [0.717, 1.165) is 24.6 Å². The average Bonchev–Trinajstić information content (AvgIpc) is 2.72. The molecule has 2 amide bonds. The first-order valence-corrected chi connectivity index (χ1v) is 7.43. The number of aromatic carboxylic acids is 1. The zero-order valence-corrected chi connectivity index (χ0v) is 12.4. The van der Waals surface area contributed by atoms with Gasteiger partial charge in [-0.25, -0.2) is 4.79 Å². The average molecular weight is 305 g/mol. The van der Waals surface area contributed by atoms with Crippen LogP contribution in [0.2, 0.25) is 0 Å². The minimum Gasteiger partial charge on any atom is -0.478 e. The van der Waals surface area contributed by atoms with Gasteiger partial charge in [0, 0.05) is 6.54 Å². The van der Waals surface area contributed by atoms with Crippen LogP contribution in [0.5, 0.6) is 0 Å². The molecule has 0 saturated carbocycles. The number of benzene rings is 1. The molecular formula is C15H15NO4S. The maximum absolute atomic E-state index is 12.1. The minimum absolute atomic E-state index is 0.184. The fraction of sp³-hybridized carbons (Fsp3) is 0.267. The summed E-state index contributed by atoms with van der Waals surface area (Å²) >= 11 is 0.920. The lowest BCUT2D eigenvalue weighted by Crippen LogP contribution is -2.29. The molecule has 1 fully saturated rings. The molecule has 0 bridgehead atoms. The van der Waals surface area contributed by atoms with Crippen molar-refractivity contribution in [2.24, 2.45) is 0 Å². The number of hydrogen-bond acceptors (Lipinski definition) is 4. The summed E-state index contributed by atoms with van der Waals surface area (Å²) in [6.45, 7) is 2.44. The number of nitrogens with zero attached hydrogens (tertiary/aromatic N) is 1. The van der Waals surface area contributed by atoms with Gasteiger partial charge in [0.05, 0.1) is 10.5 Å². The highest BCUT2D eigenvalue weighted by molar-refractivity contribution is 8.18. The number of hydrogen-bond donors (Lipinski definition) is 1. The number of carboxylic acid groups (broad SMARTS) is 1. The van der Waals surface area contributed by atoms with Crippen LogP contribution in [0.4, 0.5) is 4.79 Å². The van der Waals surface area contributed by atoms with Gasteiger partial charge in [0.25, 0.3) is 11.1 Å². The van der Waals surface area contributed by atoms with Crippen LogP contribution in [0.15, 0.2) is 29.2 Å². The third-order valence-electron chi connectivity index (χ3n) is 3.06. The molecule has 6 heteroatoms. The van der Waals surface area contributed by atoms with E-state index in [1.165, 1.54) is 17.0 Å². The van der Waals surface area contributed by atoms with Gasteiger partial charge in [-0.2, -0.15) is 0 Å². The first-order valence-electron chi connectivity index (χ1n) is 6.61. The molecule has 0 spiro atoms. The van der Waals surface area contributed by atoms with Gasteiger partial charge in [0.1, 0.15) is 0 Å². The largest absolute Gasteiger partial charge is 0.478 e. The Balaban J connectivity index is 2.16. The standard InChI is InChI=1S/C15H15NO4S/c1-2-3-8-16-13(17)12(21-15(16)20)9-10-4-6-11(7-5-10)14(18)19/h4-7,9H,2-3,8H2,1H3,(H,18,19). The van der Waals surface area contributed by atoms with Gasteiger partial charge < -0.3 is 5.11 Å². The number of rotatable bonds is 5. The van der Waals surface area contributed by atoms with Crippen molar-refractivity contribution in [1.82, 2.24) is 4.90 Å².